The van der Waals surface area contributed by atoms with Crippen LogP contribution in [0.1, 0.15) is 62.5 Å². The Hall–Kier alpha value is -1.64. The van der Waals surface area contributed by atoms with Crippen molar-refractivity contribution >= 4 is 0 Å². The minimum atomic E-state index is 0.177. The second-order valence-electron chi connectivity index (χ2n) is 7.37. The molecule has 1 aliphatic carbocycles. The lowest BCUT2D eigenvalue weighted by molar-refractivity contribution is 0.403. The third-order valence-electron chi connectivity index (χ3n) is 5.79. The smallest absolute Gasteiger partial charge is 0.0215 e. The quantitative estimate of drug-likeness (QED) is 0.600. The highest BCUT2D eigenvalue weighted by molar-refractivity contribution is 5.80. The lowest BCUT2D eigenvalue weighted by atomic mass is 9.70. The summed E-state index contributed by atoms with van der Waals surface area (Å²) in [6.45, 7) is 1.60. The van der Waals surface area contributed by atoms with E-state index in [-0.39, 0.29) is 5.41 Å². The topological polar surface area (TPSA) is 52.0 Å². The van der Waals surface area contributed by atoms with E-state index in [0.29, 0.717) is 0 Å². The molecule has 2 aromatic rings. The zero-order valence-corrected chi connectivity index (χ0v) is 15.3. The molecular formula is C23H32N2. The van der Waals surface area contributed by atoms with Crippen LogP contribution in [-0.2, 0) is 5.41 Å². The summed E-state index contributed by atoms with van der Waals surface area (Å²) >= 11 is 0. The first-order valence-corrected chi connectivity index (χ1v) is 9.93. The van der Waals surface area contributed by atoms with Crippen LogP contribution in [0.25, 0.3) is 11.1 Å². The highest BCUT2D eigenvalue weighted by Gasteiger charge is 2.41. The summed E-state index contributed by atoms with van der Waals surface area (Å²) in [7, 11) is 0. The maximum absolute atomic E-state index is 5.71. The van der Waals surface area contributed by atoms with Crippen LogP contribution in [0.4, 0.5) is 0 Å². The molecule has 0 saturated carbocycles. The first kappa shape index (κ1) is 18.2. The second-order valence-corrected chi connectivity index (χ2v) is 7.37. The Morgan fingerprint density at radius 3 is 1.44 bits per heavy atom. The van der Waals surface area contributed by atoms with Crippen LogP contribution in [0.15, 0.2) is 48.5 Å². The van der Waals surface area contributed by atoms with Crippen molar-refractivity contribution in [2.24, 2.45) is 11.5 Å². The number of unbranched alkanes of at least 4 members (excludes halogenated alkanes) is 4. The Kier molecular flexibility index (Phi) is 6.28. The minimum Gasteiger partial charge on any atom is -0.330 e. The monoisotopic (exact) mass is 336 g/mol. The Morgan fingerprint density at radius 1 is 0.560 bits per heavy atom. The molecule has 0 aromatic heterocycles. The molecule has 0 aliphatic heterocycles. The molecule has 4 N–H and O–H groups in total. The van der Waals surface area contributed by atoms with Gasteiger partial charge in [-0.05, 0) is 61.0 Å². The van der Waals surface area contributed by atoms with Gasteiger partial charge in [-0.25, -0.2) is 0 Å². The Balaban J connectivity index is 1.94. The Bertz CT molecular complexity index is 618. The van der Waals surface area contributed by atoms with Gasteiger partial charge in [0.15, 0.2) is 0 Å². The van der Waals surface area contributed by atoms with Crippen molar-refractivity contribution in [1.29, 1.82) is 0 Å². The number of nitrogens with two attached hydrogens (primary N) is 2. The fraction of sp³-hybridized carbons (Fsp3) is 0.478. The predicted octanol–water partition coefficient (Wildman–Crippen LogP) is 4.99. The first-order chi connectivity index (χ1) is 12.3. The van der Waals surface area contributed by atoms with Crippen LogP contribution in [0.5, 0.6) is 0 Å². The number of benzene rings is 2. The highest BCUT2D eigenvalue weighted by Crippen LogP contribution is 2.53. The molecule has 0 atom stereocenters. The molecule has 1 aliphatic rings. The maximum atomic E-state index is 5.71. The molecule has 2 nitrogen and oxygen atoms in total. The average Bonchev–Trinajstić information content (AvgIpc) is 2.94. The molecular weight excluding hydrogens is 304 g/mol. The van der Waals surface area contributed by atoms with Gasteiger partial charge < -0.3 is 11.5 Å². The van der Waals surface area contributed by atoms with Gasteiger partial charge in [0, 0.05) is 5.41 Å². The fourth-order valence-electron chi connectivity index (χ4n) is 4.58. The number of hydrogen-bond acceptors (Lipinski definition) is 2. The summed E-state index contributed by atoms with van der Waals surface area (Å²) in [6, 6.07) is 18.1. The Morgan fingerprint density at radius 2 is 1.00 bits per heavy atom. The van der Waals surface area contributed by atoms with Gasteiger partial charge in [0.25, 0.3) is 0 Å². The molecule has 0 spiro atoms. The summed E-state index contributed by atoms with van der Waals surface area (Å²) in [5, 5.41) is 0. The molecule has 0 amide bonds. The van der Waals surface area contributed by atoms with Gasteiger partial charge in [-0.3, -0.25) is 0 Å². The molecule has 0 saturated heterocycles. The standard InChI is InChI=1S/C23H32N2/c24-17-9-1-7-15-23(16-8-2-10-18-25)21-13-5-3-11-19(21)20-12-4-6-14-22(20)23/h3-6,11-14H,1-2,7-10,15-18,24-25H2. The van der Waals surface area contributed by atoms with E-state index in [2.05, 4.69) is 48.5 Å². The van der Waals surface area contributed by atoms with Crippen LogP contribution in [0.2, 0.25) is 0 Å². The molecule has 25 heavy (non-hydrogen) atoms. The van der Waals surface area contributed by atoms with Crippen molar-refractivity contribution in [3.63, 3.8) is 0 Å². The van der Waals surface area contributed by atoms with Gasteiger partial charge in [-0.2, -0.15) is 0 Å². The summed E-state index contributed by atoms with van der Waals surface area (Å²) < 4.78 is 0. The summed E-state index contributed by atoms with van der Waals surface area (Å²) in [4.78, 5) is 0. The molecule has 0 radical (unpaired) electrons. The SMILES string of the molecule is NCCCCCC1(CCCCCN)c2ccccc2-c2ccccc21. The maximum Gasteiger partial charge on any atom is 0.0215 e. The van der Waals surface area contributed by atoms with Crippen LogP contribution in [0, 0.1) is 0 Å². The second kappa shape index (κ2) is 8.64. The van der Waals surface area contributed by atoms with E-state index in [1.807, 2.05) is 0 Å². The van der Waals surface area contributed by atoms with E-state index in [1.54, 1.807) is 0 Å². The van der Waals surface area contributed by atoms with Crippen molar-refractivity contribution in [3.05, 3.63) is 59.7 Å². The van der Waals surface area contributed by atoms with Crippen LogP contribution in [-0.4, -0.2) is 13.1 Å². The van der Waals surface area contributed by atoms with Crippen molar-refractivity contribution in [1.82, 2.24) is 0 Å². The average molecular weight is 337 g/mol. The molecule has 0 bridgehead atoms. The zero-order chi connectivity index (χ0) is 17.5. The third kappa shape index (κ3) is 3.65. The first-order valence-electron chi connectivity index (χ1n) is 9.93. The molecule has 3 rings (SSSR count). The van der Waals surface area contributed by atoms with E-state index in [9.17, 15) is 0 Å². The van der Waals surface area contributed by atoms with E-state index >= 15 is 0 Å². The summed E-state index contributed by atoms with van der Waals surface area (Å²) in [5.41, 5.74) is 17.6. The lowest BCUT2D eigenvalue weighted by Gasteiger charge is -2.33. The minimum absolute atomic E-state index is 0.177. The largest absolute Gasteiger partial charge is 0.330 e. The number of rotatable bonds is 10. The normalized spacial score (nSPS) is 14.3. The molecule has 0 heterocycles. The van der Waals surface area contributed by atoms with E-state index in [1.165, 1.54) is 60.8 Å². The van der Waals surface area contributed by atoms with Gasteiger partial charge in [0.1, 0.15) is 0 Å². The van der Waals surface area contributed by atoms with E-state index < -0.39 is 0 Å². The number of hydrogen-bond donors (Lipinski definition) is 2. The molecule has 0 fully saturated rings. The molecule has 134 valence electrons. The van der Waals surface area contributed by atoms with Crippen LogP contribution >= 0.6 is 0 Å². The van der Waals surface area contributed by atoms with Crippen molar-refractivity contribution < 1.29 is 0 Å². The highest BCUT2D eigenvalue weighted by atomic mass is 14.5. The van der Waals surface area contributed by atoms with Gasteiger partial charge in [-0.15, -0.1) is 0 Å². The zero-order valence-electron chi connectivity index (χ0n) is 15.3. The molecule has 0 unspecified atom stereocenters. The lowest BCUT2D eigenvalue weighted by Crippen LogP contribution is -2.25. The van der Waals surface area contributed by atoms with Crippen molar-refractivity contribution in [2.75, 3.05) is 13.1 Å². The van der Waals surface area contributed by atoms with Crippen LogP contribution in [0.3, 0.4) is 0 Å². The summed E-state index contributed by atoms with van der Waals surface area (Å²) in [5.74, 6) is 0. The Labute approximate surface area is 152 Å². The van der Waals surface area contributed by atoms with Crippen LogP contribution < -0.4 is 11.5 Å². The van der Waals surface area contributed by atoms with E-state index in [0.717, 1.165) is 25.9 Å². The van der Waals surface area contributed by atoms with Gasteiger partial charge >= 0.3 is 0 Å². The molecule has 2 heteroatoms. The number of fused-ring (bicyclic) bond motifs is 3. The molecule has 2 aromatic carbocycles. The fourth-order valence-corrected chi connectivity index (χ4v) is 4.58. The predicted molar refractivity (Wildman–Crippen MR) is 108 cm³/mol. The van der Waals surface area contributed by atoms with Gasteiger partial charge in [0.2, 0.25) is 0 Å². The van der Waals surface area contributed by atoms with E-state index in [4.69, 9.17) is 11.5 Å². The van der Waals surface area contributed by atoms with Gasteiger partial charge in [0.05, 0.1) is 0 Å². The van der Waals surface area contributed by atoms with Crippen molar-refractivity contribution in [3.8, 4) is 11.1 Å². The summed E-state index contributed by atoms with van der Waals surface area (Å²) in [6.07, 6.45) is 9.66. The van der Waals surface area contributed by atoms with Crippen molar-refractivity contribution in [2.45, 2.75) is 56.8 Å². The third-order valence-corrected chi connectivity index (χ3v) is 5.79. The van der Waals surface area contributed by atoms with Gasteiger partial charge in [-0.1, -0.05) is 74.2 Å².